The highest BCUT2D eigenvalue weighted by Gasteiger charge is 2.00. The summed E-state index contributed by atoms with van der Waals surface area (Å²) in [5, 5.41) is 9.16. The molecular weight excluding hydrogens is 130 g/mol. The van der Waals surface area contributed by atoms with Gasteiger partial charge in [0.1, 0.15) is 19.4 Å². The van der Waals surface area contributed by atoms with E-state index in [-0.39, 0.29) is 11.6 Å². The molecule has 52 valence electrons. The predicted octanol–water partition coefficient (Wildman–Crippen LogP) is 0.0981. The van der Waals surface area contributed by atoms with Crippen LogP contribution in [-0.4, -0.2) is 13.0 Å². The Kier molecular flexibility index (Phi) is 1.66. The van der Waals surface area contributed by atoms with Crippen LogP contribution in [-0.2, 0) is 0 Å². The second-order valence-electron chi connectivity index (χ2n) is 2.39. The topological polar surface area (TPSA) is 20.2 Å². The largest absolute Gasteiger partial charge is 0.508 e. The summed E-state index contributed by atoms with van der Waals surface area (Å²) in [5.41, 5.74) is 1.16. The molecule has 3 heteroatoms. The molecule has 0 aliphatic heterocycles. The quantitative estimate of drug-likeness (QED) is 0.504. The highest BCUT2D eigenvalue weighted by molar-refractivity contribution is 6.34. The smallest absolute Gasteiger partial charge is 0.144 e. The molecule has 1 nitrogen and oxygen atoms in total. The minimum atomic E-state index is -0.298. The molecule has 0 fully saturated rings. The van der Waals surface area contributed by atoms with Crippen LogP contribution in [0.25, 0.3) is 0 Å². The number of phenols is 1. The van der Waals surface area contributed by atoms with Crippen LogP contribution in [0.5, 0.6) is 5.75 Å². The summed E-state index contributed by atoms with van der Waals surface area (Å²) in [6.45, 7) is 1.67. The molecular formula is C7H8BFO. The van der Waals surface area contributed by atoms with E-state index in [9.17, 15) is 4.39 Å². The molecule has 0 aromatic heterocycles. The van der Waals surface area contributed by atoms with Gasteiger partial charge in [0, 0.05) is 0 Å². The molecule has 0 atom stereocenters. The summed E-state index contributed by atoms with van der Waals surface area (Å²) in [7, 11) is 1.67. The van der Waals surface area contributed by atoms with Gasteiger partial charge in [-0.1, -0.05) is 0 Å². The van der Waals surface area contributed by atoms with Crippen molar-refractivity contribution in [2.24, 2.45) is 0 Å². The number of hydrogen-bond acceptors (Lipinski definition) is 1. The Bertz CT molecular complexity index is 237. The lowest BCUT2D eigenvalue weighted by Gasteiger charge is -2.01. The highest BCUT2D eigenvalue weighted by Crippen LogP contribution is 2.12. The molecule has 0 aliphatic carbocycles. The number of hydrogen-bond donors (Lipinski definition) is 1. The Morgan fingerprint density at radius 1 is 1.50 bits per heavy atom. The van der Waals surface area contributed by atoms with Crippen molar-refractivity contribution < 1.29 is 9.50 Å². The van der Waals surface area contributed by atoms with Gasteiger partial charge in [0.2, 0.25) is 0 Å². The minimum absolute atomic E-state index is 0.182. The van der Waals surface area contributed by atoms with Gasteiger partial charge in [-0.3, -0.25) is 0 Å². The fourth-order valence-electron chi connectivity index (χ4n) is 0.903. The highest BCUT2D eigenvalue weighted by atomic mass is 19.1. The fraction of sp³-hybridized carbons (Fsp3) is 0.143. The zero-order chi connectivity index (χ0) is 7.72. The van der Waals surface area contributed by atoms with Crippen LogP contribution < -0.4 is 5.46 Å². The van der Waals surface area contributed by atoms with Crippen LogP contribution in [0, 0.1) is 12.7 Å². The van der Waals surface area contributed by atoms with Crippen molar-refractivity contribution >= 4 is 13.3 Å². The van der Waals surface area contributed by atoms with Gasteiger partial charge in [0.15, 0.2) is 0 Å². The van der Waals surface area contributed by atoms with Crippen LogP contribution in [0.1, 0.15) is 5.56 Å². The maximum Gasteiger partial charge on any atom is 0.144 e. The first kappa shape index (κ1) is 7.13. The Balaban J connectivity index is 3.31. The molecule has 1 N–H and O–H groups in total. The summed E-state index contributed by atoms with van der Waals surface area (Å²) >= 11 is 0. The van der Waals surface area contributed by atoms with E-state index < -0.39 is 0 Å². The summed E-state index contributed by atoms with van der Waals surface area (Å²) in [4.78, 5) is 0. The Morgan fingerprint density at radius 2 is 2.10 bits per heavy atom. The third-order valence-corrected chi connectivity index (χ3v) is 1.46. The van der Waals surface area contributed by atoms with Gasteiger partial charge in [0.05, 0.1) is 0 Å². The number of rotatable bonds is 0. The van der Waals surface area contributed by atoms with Gasteiger partial charge in [-0.25, -0.2) is 4.39 Å². The van der Waals surface area contributed by atoms with Crippen molar-refractivity contribution in [2.45, 2.75) is 6.92 Å². The molecule has 1 rings (SSSR count). The second kappa shape index (κ2) is 2.33. The normalized spacial score (nSPS) is 9.80. The zero-order valence-corrected chi connectivity index (χ0v) is 5.98. The van der Waals surface area contributed by atoms with E-state index in [2.05, 4.69) is 0 Å². The van der Waals surface area contributed by atoms with E-state index in [1.165, 1.54) is 12.1 Å². The molecule has 0 radical (unpaired) electrons. The second-order valence-corrected chi connectivity index (χ2v) is 2.39. The zero-order valence-electron chi connectivity index (χ0n) is 5.98. The first-order valence-corrected chi connectivity index (χ1v) is 3.07. The first-order chi connectivity index (χ1) is 4.61. The molecule has 0 aliphatic rings. The Labute approximate surface area is 59.9 Å². The molecule has 10 heavy (non-hydrogen) atoms. The van der Waals surface area contributed by atoms with Crippen molar-refractivity contribution in [3.63, 3.8) is 0 Å². The maximum atomic E-state index is 12.5. The SMILES string of the molecule is Bc1cc(F)cc(C)c1O. The average molecular weight is 138 g/mol. The van der Waals surface area contributed by atoms with E-state index in [4.69, 9.17) is 5.11 Å². The Morgan fingerprint density at radius 3 is 2.60 bits per heavy atom. The summed E-state index contributed by atoms with van der Waals surface area (Å²) < 4.78 is 12.5. The molecule has 0 spiro atoms. The Hall–Kier alpha value is -0.985. The van der Waals surface area contributed by atoms with Crippen molar-refractivity contribution in [1.82, 2.24) is 0 Å². The molecule has 0 unspecified atom stereocenters. The van der Waals surface area contributed by atoms with Gasteiger partial charge < -0.3 is 5.11 Å². The van der Waals surface area contributed by atoms with E-state index >= 15 is 0 Å². The van der Waals surface area contributed by atoms with E-state index in [0.717, 1.165) is 0 Å². The summed E-state index contributed by atoms with van der Waals surface area (Å²) in [6.07, 6.45) is 0. The maximum absolute atomic E-state index is 12.5. The third kappa shape index (κ3) is 1.13. The van der Waals surface area contributed by atoms with Crippen molar-refractivity contribution in [3.05, 3.63) is 23.5 Å². The van der Waals surface area contributed by atoms with Crippen molar-refractivity contribution in [1.29, 1.82) is 0 Å². The van der Waals surface area contributed by atoms with Crippen LogP contribution in [0.2, 0.25) is 0 Å². The summed E-state index contributed by atoms with van der Waals surface area (Å²) in [6, 6.07) is 2.62. The lowest BCUT2D eigenvalue weighted by Crippen LogP contribution is -2.04. The minimum Gasteiger partial charge on any atom is -0.508 e. The van der Waals surface area contributed by atoms with Gasteiger partial charge in [-0.2, -0.15) is 0 Å². The molecule has 0 saturated carbocycles. The molecule has 0 saturated heterocycles. The first-order valence-electron chi connectivity index (χ1n) is 3.07. The third-order valence-electron chi connectivity index (χ3n) is 1.46. The van der Waals surface area contributed by atoms with Gasteiger partial charge in [0.25, 0.3) is 0 Å². The van der Waals surface area contributed by atoms with E-state index in [0.29, 0.717) is 11.0 Å². The summed E-state index contributed by atoms with van der Waals surface area (Å²) in [5.74, 6) is -0.116. The average Bonchev–Trinajstić information content (AvgIpc) is 1.82. The van der Waals surface area contributed by atoms with Crippen LogP contribution in [0.3, 0.4) is 0 Å². The van der Waals surface area contributed by atoms with Gasteiger partial charge in [-0.05, 0) is 30.1 Å². The number of benzene rings is 1. The van der Waals surface area contributed by atoms with E-state index in [1.807, 2.05) is 0 Å². The lowest BCUT2D eigenvalue weighted by atomic mass is 9.93. The van der Waals surface area contributed by atoms with Gasteiger partial charge in [-0.15, -0.1) is 0 Å². The predicted molar refractivity (Wildman–Crippen MR) is 41.0 cm³/mol. The van der Waals surface area contributed by atoms with Crippen molar-refractivity contribution in [3.8, 4) is 5.75 Å². The number of aryl methyl sites for hydroxylation is 1. The fourth-order valence-corrected chi connectivity index (χ4v) is 0.903. The number of halogens is 1. The van der Waals surface area contributed by atoms with Crippen LogP contribution >= 0.6 is 0 Å². The molecule has 1 aromatic carbocycles. The molecule has 1 aromatic rings. The lowest BCUT2D eigenvalue weighted by molar-refractivity contribution is 0.473. The number of phenolic OH excluding ortho intramolecular Hbond substituents is 1. The van der Waals surface area contributed by atoms with Gasteiger partial charge >= 0.3 is 0 Å². The number of aromatic hydroxyl groups is 1. The van der Waals surface area contributed by atoms with Crippen LogP contribution in [0.4, 0.5) is 4.39 Å². The molecule has 0 amide bonds. The molecule has 0 bridgehead atoms. The van der Waals surface area contributed by atoms with Crippen LogP contribution in [0.15, 0.2) is 12.1 Å². The standard InChI is InChI=1S/C7H8BFO/c1-4-2-5(9)3-6(8)7(4)10/h2-3,10H,8H2,1H3. The van der Waals surface area contributed by atoms with E-state index in [1.54, 1.807) is 14.8 Å². The van der Waals surface area contributed by atoms with Crippen molar-refractivity contribution in [2.75, 3.05) is 0 Å². The monoisotopic (exact) mass is 138 g/mol. The molecule has 0 heterocycles.